The van der Waals surface area contributed by atoms with Gasteiger partial charge < -0.3 is 19.7 Å². The van der Waals surface area contributed by atoms with E-state index in [0.717, 1.165) is 12.0 Å². The number of para-hydroxylation sites is 1. The van der Waals surface area contributed by atoms with Gasteiger partial charge in [-0.2, -0.15) is 0 Å². The van der Waals surface area contributed by atoms with Crippen LogP contribution in [0, 0.1) is 10.1 Å². The number of carbonyl (C=O) groups excluding carboxylic acids is 2. The number of likely N-dealkylation sites (N-methyl/N-ethyl adjacent to an activating group) is 1. The molecule has 0 atom stereocenters. The average Bonchev–Trinajstić information content (AvgIpc) is 2.71. The third kappa shape index (κ3) is 5.93. The zero-order valence-corrected chi connectivity index (χ0v) is 16.5. The highest BCUT2D eigenvalue weighted by Crippen LogP contribution is 2.31. The SMILES string of the molecule is CCc1ccccc1NC(=O)CN(C)C(=O)COc1cc([N+](=O)[O-])ccc1OC. The number of aryl methyl sites for hydroxylation is 1. The molecule has 29 heavy (non-hydrogen) atoms. The largest absolute Gasteiger partial charge is 0.493 e. The lowest BCUT2D eigenvalue weighted by atomic mass is 10.1. The molecule has 0 saturated carbocycles. The number of ether oxygens (including phenoxy) is 2. The van der Waals surface area contributed by atoms with E-state index >= 15 is 0 Å². The predicted octanol–water partition coefficient (Wildman–Crippen LogP) is 2.64. The molecular weight excluding hydrogens is 378 g/mol. The summed E-state index contributed by atoms with van der Waals surface area (Å²) in [6.45, 7) is 1.43. The van der Waals surface area contributed by atoms with Crippen LogP contribution in [0.5, 0.6) is 11.5 Å². The summed E-state index contributed by atoms with van der Waals surface area (Å²) < 4.78 is 10.5. The van der Waals surface area contributed by atoms with Crippen molar-refractivity contribution in [2.75, 3.05) is 32.6 Å². The molecule has 0 heterocycles. The monoisotopic (exact) mass is 401 g/mol. The van der Waals surface area contributed by atoms with E-state index in [9.17, 15) is 19.7 Å². The first-order valence-corrected chi connectivity index (χ1v) is 8.92. The van der Waals surface area contributed by atoms with E-state index in [1.54, 1.807) is 6.07 Å². The molecule has 154 valence electrons. The van der Waals surface area contributed by atoms with Crippen LogP contribution in [-0.2, 0) is 16.0 Å². The quantitative estimate of drug-likeness (QED) is 0.511. The van der Waals surface area contributed by atoms with Gasteiger partial charge >= 0.3 is 0 Å². The van der Waals surface area contributed by atoms with Gasteiger partial charge in [-0.1, -0.05) is 25.1 Å². The number of nitro groups is 1. The second-order valence-electron chi connectivity index (χ2n) is 6.19. The summed E-state index contributed by atoms with van der Waals surface area (Å²) in [5.74, 6) is -0.461. The van der Waals surface area contributed by atoms with Crippen LogP contribution in [0.15, 0.2) is 42.5 Å². The zero-order valence-electron chi connectivity index (χ0n) is 16.5. The van der Waals surface area contributed by atoms with E-state index in [1.807, 2.05) is 25.1 Å². The fraction of sp³-hybridized carbons (Fsp3) is 0.300. The Morgan fingerprint density at radius 3 is 2.55 bits per heavy atom. The number of non-ortho nitro benzene ring substituents is 1. The van der Waals surface area contributed by atoms with E-state index in [1.165, 1.54) is 37.3 Å². The van der Waals surface area contributed by atoms with Crippen LogP contribution in [0.3, 0.4) is 0 Å². The van der Waals surface area contributed by atoms with Gasteiger partial charge in [0.2, 0.25) is 5.91 Å². The molecule has 0 fully saturated rings. The van der Waals surface area contributed by atoms with Crippen LogP contribution >= 0.6 is 0 Å². The van der Waals surface area contributed by atoms with Crippen LogP contribution in [0.4, 0.5) is 11.4 Å². The van der Waals surface area contributed by atoms with Crippen LogP contribution < -0.4 is 14.8 Å². The molecule has 0 aliphatic rings. The standard InChI is InChI=1S/C20H23N3O6/c1-4-14-7-5-6-8-16(14)21-19(24)12-22(2)20(25)13-29-18-11-15(23(26)27)9-10-17(18)28-3/h5-11H,4,12-13H2,1-3H3,(H,21,24). The first-order chi connectivity index (χ1) is 13.8. The molecule has 0 unspecified atom stereocenters. The highest BCUT2D eigenvalue weighted by Gasteiger charge is 2.17. The minimum absolute atomic E-state index is 0.0739. The maximum atomic E-state index is 12.3. The van der Waals surface area contributed by atoms with Crippen LogP contribution in [0.25, 0.3) is 0 Å². The number of hydrogen-bond donors (Lipinski definition) is 1. The van der Waals surface area contributed by atoms with Gasteiger partial charge in [-0.3, -0.25) is 19.7 Å². The Morgan fingerprint density at radius 2 is 1.90 bits per heavy atom. The molecule has 0 aliphatic heterocycles. The predicted molar refractivity (Wildman–Crippen MR) is 107 cm³/mol. The summed E-state index contributed by atoms with van der Waals surface area (Å²) in [4.78, 5) is 36.1. The van der Waals surface area contributed by atoms with Gasteiger partial charge in [-0.15, -0.1) is 0 Å². The smallest absolute Gasteiger partial charge is 0.273 e. The third-order valence-electron chi connectivity index (χ3n) is 4.19. The minimum Gasteiger partial charge on any atom is -0.493 e. The molecule has 9 nitrogen and oxygen atoms in total. The molecule has 0 aromatic heterocycles. The topological polar surface area (TPSA) is 111 Å². The number of nitrogens with one attached hydrogen (secondary N) is 1. The van der Waals surface area contributed by atoms with Crippen molar-refractivity contribution in [3.8, 4) is 11.5 Å². The van der Waals surface area contributed by atoms with E-state index in [2.05, 4.69) is 5.32 Å². The second-order valence-corrected chi connectivity index (χ2v) is 6.19. The Bertz CT molecular complexity index is 900. The molecule has 0 spiro atoms. The van der Waals surface area contributed by atoms with Gasteiger partial charge in [0.15, 0.2) is 18.1 Å². The number of benzene rings is 2. The van der Waals surface area contributed by atoms with Crippen molar-refractivity contribution in [2.24, 2.45) is 0 Å². The van der Waals surface area contributed by atoms with E-state index in [0.29, 0.717) is 5.69 Å². The van der Waals surface area contributed by atoms with Crippen LogP contribution in [0.1, 0.15) is 12.5 Å². The highest BCUT2D eigenvalue weighted by atomic mass is 16.6. The Morgan fingerprint density at radius 1 is 1.17 bits per heavy atom. The summed E-state index contributed by atoms with van der Waals surface area (Å²) >= 11 is 0. The van der Waals surface area contributed by atoms with Gasteiger partial charge in [0.25, 0.3) is 11.6 Å². The van der Waals surface area contributed by atoms with E-state index in [4.69, 9.17) is 9.47 Å². The molecule has 2 aromatic carbocycles. The minimum atomic E-state index is -0.571. The number of nitrogens with zero attached hydrogens (tertiary/aromatic N) is 2. The Labute approximate surface area is 168 Å². The molecule has 0 bridgehead atoms. The molecule has 0 aliphatic carbocycles. The Hall–Kier alpha value is -3.62. The molecule has 2 amide bonds. The lowest BCUT2D eigenvalue weighted by molar-refractivity contribution is -0.385. The van der Waals surface area contributed by atoms with Crippen molar-refractivity contribution >= 4 is 23.2 Å². The summed E-state index contributed by atoms with van der Waals surface area (Å²) in [5.41, 5.74) is 1.52. The summed E-state index contributed by atoms with van der Waals surface area (Å²) in [6.07, 6.45) is 0.768. The lowest BCUT2D eigenvalue weighted by Gasteiger charge is -2.18. The van der Waals surface area contributed by atoms with Crippen molar-refractivity contribution in [1.29, 1.82) is 0 Å². The van der Waals surface area contributed by atoms with Gasteiger partial charge in [-0.05, 0) is 24.1 Å². The summed E-state index contributed by atoms with van der Waals surface area (Å²) in [5, 5.41) is 13.7. The van der Waals surface area contributed by atoms with Crippen molar-refractivity contribution in [1.82, 2.24) is 4.90 Å². The zero-order chi connectivity index (χ0) is 21.4. The second kappa shape index (κ2) is 10.1. The number of carbonyl (C=O) groups is 2. The van der Waals surface area contributed by atoms with Gasteiger partial charge in [-0.25, -0.2) is 0 Å². The van der Waals surface area contributed by atoms with E-state index < -0.39 is 17.4 Å². The number of methoxy groups -OCH3 is 1. The summed E-state index contributed by atoms with van der Waals surface area (Å²) in [6, 6.07) is 11.3. The fourth-order valence-electron chi connectivity index (χ4n) is 2.59. The van der Waals surface area contributed by atoms with Crippen molar-refractivity contribution in [2.45, 2.75) is 13.3 Å². The maximum Gasteiger partial charge on any atom is 0.273 e. The van der Waals surface area contributed by atoms with Crippen molar-refractivity contribution < 1.29 is 24.0 Å². The van der Waals surface area contributed by atoms with Crippen LogP contribution in [0.2, 0.25) is 0 Å². The van der Waals surface area contributed by atoms with Crippen molar-refractivity contribution in [3.05, 3.63) is 58.1 Å². The number of rotatable bonds is 9. The number of hydrogen-bond acceptors (Lipinski definition) is 6. The van der Waals surface area contributed by atoms with Crippen molar-refractivity contribution in [3.63, 3.8) is 0 Å². The fourth-order valence-corrected chi connectivity index (χ4v) is 2.59. The van der Waals surface area contributed by atoms with Gasteiger partial charge in [0.1, 0.15) is 0 Å². The lowest BCUT2D eigenvalue weighted by Crippen LogP contribution is -2.37. The molecule has 1 N–H and O–H groups in total. The Kier molecular flexibility index (Phi) is 7.53. The first kappa shape index (κ1) is 21.7. The molecular formula is C20H23N3O6. The number of anilines is 1. The Balaban J connectivity index is 1.94. The molecule has 9 heteroatoms. The molecule has 0 saturated heterocycles. The first-order valence-electron chi connectivity index (χ1n) is 8.92. The molecule has 2 aromatic rings. The van der Waals surface area contributed by atoms with Gasteiger partial charge in [0, 0.05) is 18.8 Å². The molecule has 2 rings (SSSR count). The molecule has 0 radical (unpaired) electrons. The highest BCUT2D eigenvalue weighted by molar-refractivity contribution is 5.95. The third-order valence-corrected chi connectivity index (χ3v) is 4.19. The normalized spacial score (nSPS) is 10.2. The average molecular weight is 401 g/mol. The number of nitro benzene ring substituents is 1. The maximum absolute atomic E-state index is 12.3. The van der Waals surface area contributed by atoms with Crippen LogP contribution in [-0.4, -0.2) is 48.9 Å². The summed E-state index contributed by atoms with van der Waals surface area (Å²) in [7, 11) is 2.86. The number of amides is 2. The van der Waals surface area contributed by atoms with E-state index in [-0.39, 0.29) is 29.6 Å². The van der Waals surface area contributed by atoms with Gasteiger partial charge in [0.05, 0.1) is 24.6 Å².